The summed E-state index contributed by atoms with van der Waals surface area (Å²) in [6, 6.07) is 0.898. The number of nitrogens with one attached hydrogen (secondary N) is 1. The average molecular weight is 426 g/mol. The van der Waals surface area contributed by atoms with Crippen molar-refractivity contribution in [3.05, 3.63) is 44.5 Å². The number of amides is 1. The fourth-order valence-electron chi connectivity index (χ4n) is 3.93. The first-order chi connectivity index (χ1) is 14.6. The number of furan rings is 1. The van der Waals surface area contributed by atoms with E-state index in [-0.39, 0.29) is 18.8 Å². The number of hydrogen-bond donors (Lipinski definition) is 1. The van der Waals surface area contributed by atoms with E-state index in [1.807, 2.05) is 40.7 Å². The number of carboxylic acids is 1. The molecule has 1 amide bonds. The molecule has 0 fully saturated rings. The fourth-order valence-corrected chi connectivity index (χ4v) is 3.93. The van der Waals surface area contributed by atoms with E-state index in [9.17, 15) is 19.5 Å². The molecule has 3 aromatic rings. The summed E-state index contributed by atoms with van der Waals surface area (Å²) in [6.07, 6.45) is 0.714. The van der Waals surface area contributed by atoms with Crippen molar-refractivity contribution in [3.8, 4) is 0 Å². The van der Waals surface area contributed by atoms with Gasteiger partial charge in [-0.1, -0.05) is 20.3 Å². The van der Waals surface area contributed by atoms with Gasteiger partial charge in [-0.15, -0.1) is 0 Å². The van der Waals surface area contributed by atoms with Gasteiger partial charge >= 0.3 is 5.63 Å². The van der Waals surface area contributed by atoms with Crippen LogP contribution in [0.2, 0.25) is 0 Å². The number of hydrogen-bond acceptors (Lipinski definition) is 6. The highest BCUT2D eigenvalue weighted by Crippen LogP contribution is 2.34. The van der Waals surface area contributed by atoms with Crippen molar-refractivity contribution in [1.29, 1.82) is 0 Å². The summed E-state index contributed by atoms with van der Waals surface area (Å²) in [4.78, 5) is 36.4. The summed E-state index contributed by atoms with van der Waals surface area (Å²) in [5.41, 5.74) is 3.64. The van der Waals surface area contributed by atoms with Crippen molar-refractivity contribution in [2.24, 2.45) is 5.92 Å². The van der Waals surface area contributed by atoms with Gasteiger partial charge in [0.25, 0.3) is 0 Å². The average Bonchev–Trinajstić information content (AvgIpc) is 3.00. The molecule has 2 heterocycles. The van der Waals surface area contributed by atoms with Crippen LogP contribution in [0.1, 0.15) is 54.7 Å². The third-order valence-corrected chi connectivity index (χ3v) is 6.33. The number of aliphatic carboxylic acids is 1. The van der Waals surface area contributed by atoms with Crippen LogP contribution in [0.5, 0.6) is 0 Å². The maximum Gasteiger partial charge on any atom is 0.339 e. The van der Waals surface area contributed by atoms with Gasteiger partial charge in [0.05, 0.1) is 12.0 Å². The number of aryl methyl sites for hydroxylation is 4. The SMILES string of the molecule is CC[C@@H](C)[C@H](NC(=O)CCc1c(C)c2cc3c(C)c(C)oc3c(C)c2oc1=O)C(=O)[O-]. The summed E-state index contributed by atoms with van der Waals surface area (Å²) < 4.78 is 11.5. The lowest BCUT2D eigenvalue weighted by molar-refractivity contribution is -0.309. The second kappa shape index (κ2) is 8.57. The molecule has 31 heavy (non-hydrogen) atoms. The van der Waals surface area contributed by atoms with Crippen LogP contribution in [0, 0.1) is 33.6 Å². The summed E-state index contributed by atoms with van der Waals surface area (Å²) in [5.74, 6) is -1.20. The van der Waals surface area contributed by atoms with E-state index >= 15 is 0 Å². The summed E-state index contributed by atoms with van der Waals surface area (Å²) >= 11 is 0. The first-order valence-electron chi connectivity index (χ1n) is 10.5. The molecule has 3 rings (SSSR count). The fraction of sp³-hybridized carbons (Fsp3) is 0.458. The summed E-state index contributed by atoms with van der Waals surface area (Å²) in [7, 11) is 0. The zero-order chi connectivity index (χ0) is 23.0. The Morgan fingerprint density at radius 1 is 1.03 bits per heavy atom. The molecule has 0 saturated heterocycles. The molecule has 7 heteroatoms. The Labute approximate surface area is 180 Å². The molecule has 0 aliphatic heterocycles. The van der Waals surface area contributed by atoms with Crippen LogP contribution in [-0.2, 0) is 16.0 Å². The Balaban J connectivity index is 1.93. The van der Waals surface area contributed by atoms with Gasteiger partial charge in [-0.05, 0) is 57.2 Å². The van der Waals surface area contributed by atoms with E-state index in [1.54, 1.807) is 6.92 Å². The van der Waals surface area contributed by atoms with Crippen LogP contribution in [-0.4, -0.2) is 17.9 Å². The molecule has 166 valence electrons. The predicted molar refractivity (Wildman–Crippen MR) is 116 cm³/mol. The lowest BCUT2D eigenvalue weighted by atomic mass is 9.97. The Kier molecular flexibility index (Phi) is 6.25. The molecule has 0 saturated carbocycles. The van der Waals surface area contributed by atoms with E-state index in [4.69, 9.17) is 8.83 Å². The van der Waals surface area contributed by atoms with Crippen molar-refractivity contribution in [2.75, 3.05) is 0 Å². The normalized spacial score (nSPS) is 13.5. The van der Waals surface area contributed by atoms with Crippen molar-refractivity contribution >= 4 is 33.8 Å². The molecule has 7 nitrogen and oxygen atoms in total. The number of benzene rings is 1. The molecule has 0 unspecified atom stereocenters. The molecular weight excluding hydrogens is 398 g/mol. The highest BCUT2D eigenvalue weighted by atomic mass is 16.4. The molecule has 0 aliphatic carbocycles. The molecule has 1 aromatic carbocycles. The molecule has 0 radical (unpaired) electrons. The lowest BCUT2D eigenvalue weighted by Crippen LogP contribution is -2.51. The van der Waals surface area contributed by atoms with Crippen LogP contribution in [0.4, 0.5) is 0 Å². The van der Waals surface area contributed by atoms with Crippen LogP contribution in [0.15, 0.2) is 19.7 Å². The maximum atomic E-state index is 12.7. The number of carbonyl (C=O) groups is 2. The smallest absolute Gasteiger partial charge is 0.339 e. The van der Waals surface area contributed by atoms with E-state index < -0.39 is 23.5 Å². The minimum absolute atomic E-state index is 0.0254. The largest absolute Gasteiger partial charge is 0.548 e. The Morgan fingerprint density at radius 3 is 2.26 bits per heavy atom. The highest BCUT2D eigenvalue weighted by molar-refractivity contribution is 6.00. The minimum Gasteiger partial charge on any atom is -0.548 e. The van der Waals surface area contributed by atoms with E-state index in [2.05, 4.69) is 5.32 Å². The first-order valence-corrected chi connectivity index (χ1v) is 10.5. The summed E-state index contributed by atoms with van der Waals surface area (Å²) in [6.45, 7) is 11.2. The Morgan fingerprint density at radius 2 is 1.65 bits per heavy atom. The van der Waals surface area contributed by atoms with Gasteiger partial charge in [0.2, 0.25) is 5.91 Å². The molecule has 0 bridgehead atoms. The van der Waals surface area contributed by atoms with Gasteiger partial charge < -0.3 is 24.1 Å². The van der Waals surface area contributed by atoms with Gasteiger partial charge in [-0.2, -0.15) is 0 Å². The Bertz CT molecular complexity index is 1230. The zero-order valence-corrected chi connectivity index (χ0v) is 18.8. The van der Waals surface area contributed by atoms with Crippen molar-refractivity contribution < 1.29 is 23.5 Å². The van der Waals surface area contributed by atoms with Gasteiger partial charge in [0.1, 0.15) is 16.9 Å². The minimum atomic E-state index is -1.31. The number of rotatable bonds is 7. The molecule has 1 N–H and O–H groups in total. The topological polar surface area (TPSA) is 113 Å². The summed E-state index contributed by atoms with van der Waals surface area (Å²) in [5, 5.41) is 15.6. The maximum absolute atomic E-state index is 12.7. The molecule has 0 spiro atoms. The third-order valence-electron chi connectivity index (χ3n) is 6.33. The second-order valence-electron chi connectivity index (χ2n) is 8.28. The van der Waals surface area contributed by atoms with Crippen molar-refractivity contribution in [2.45, 2.75) is 66.8 Å². The van der Waals surface area contributed by atoms with Gasteiger partial charge in [0.15, 0.2) is 0 Å². The van der Waals surface area contributed by atoms with Gasteiger partial charge in [-0.25, -0.2) is 4.79 Å². The highest BCUT2D eigenvalue weighted by Gasteiger charge is 2.21. The first kappa shape index (κ1) is 22.6. The lowest BCUT2D eigenvalue weighted by Gasteiger charge is -2.25. The number of carboxylic acid groups (broad SMARTS) is 1. The van der Waals surface area contributed by atoms with Crippen LogP contribution in [0.25, 0.3) is 21.9 Å². The van der Waals surface area contributed by atoms with Crippen LogP contribution >= 0.6 is 0 Å². The van der Waals surface area contributed by atoms with Crippen LogP contribution in [0.3, 0.4) is 0 Å². The zero-order valence-electron chi connectivity index (χ0n) is 18.8. The van der Waals surface area contributed by atoms with Gasteiger partial charge in [-0.3, -0.25) is 4.79 Å². The number of fused-ring (bicyclic) bond motifs is 2. The molecular formula is C24H28NO6-. The molecule has 2 aromatic heterocycles. The number of carbonyl (C=O) groups excluding carboxylic acids is 2. The molecule has 0 aliphatic rings. The second-order valence-corrected chi connectivity index (χ2v) is 8.28. The van der Waals surface area contributed by atoms with E-state index in [0.29, 0.717) is 23.2 Å². The standard InChI is InChI=1S/C24H29NO6/c1-7-11(2)20(23(27)28)25-19(26)9-8-16-13(4)18-10-17-12(3)15(6)30-21(17)14(5)22(18)31-24(16)29/h10-11,20H,7-9H2,1-6H3,(H,25,26)(H,27,28)/p-1/t11-,20+/m1/s1. The van der Waals surface area contributed by atoms with Crippen molar-refractivity contribution in [3.63, 3.8) is 0 Å². The van der Waals surface area contributed by atoms with Crippen molar-refractivity contribution in [1.82, 2.24) is 5.32 Å². The Hall–Kier alpha value is -3.09. The predicted octanol–water partition coefficient (Wildman–Crippen LogP) is 2.99. The van der Waals surface area contributed by atoms with Gasteiger partial charge in [0, 0.05) is 28.3 Å². The monoisotopic (exact) mass is 426 g/mol. The van der Waals surface area contributed by atoms with E-state index in [1.165, 1.54) is 0 Å². The van der Waals surface area contributed by atoms with Crippen LogP contribution < -0.4 is 16.0 Å². The molecule has 2 atom stereocenters. The van der Waals surface area contributed by atoms with E-state index in [0.717, 1.165) is 33.2 Å². The third kappa shape index (κ3) is 4.09. The quantitative estimate of drug-likeness (QED) is 0.581.